The summed E-state index contributed by atoms with van der Waals surface area (Å²) < 4.78 is 21.2. The van der Waals surface area contributed by atoms with Crippen molar-refractivity contribution in [3.05, 3.63) is 89.8 Å². The number of halogens is 1. The van der Waals surface area contributed by atoms with Gasteiger partial charge in [0.15, 0.2) is 4.96 Å². The molecule has 0 unspecified atom stereocenters. The zero-order chi connectivity index (χ0) is 19.6. The van der Waals surface area contributed by atoms with Crippen LogP contribution >= 0.6 is 11.3 Å². The van der Waals surface area contributed by atoms with Crippen molar-refractivity contribution in [3.8, 4) is 28.7 Å². The van der Waals surface area contributed by atoms with Gasteiger partial charge in [-0.05, 0) is 35.9 Å². The SMILES string of the molecule is Fc1ccc(-c2nc3sccn3c2-c2ccnc(OCc3ccccc3)n2)cc1. The number of fused-ring (bicyclic) bond motifs is 1. The van der Waals surface area contributed by atoms with Crippen LogP contribution in [-0.4, -0.2) is 19.4 Å². The van der Waals surface area contributed by atoms with Gasteiger partial charge in [-0.15, -0.1) is 11.3 Å². The molecule has 0 radical (unpaired) electrons. The molecule has 0 N–H and O–H groups in total. The quantitative estimate of drug-likeness (QED) is 0.404. The molecule has 0 aliphatic heterocycles. The van der Waals surface area contributed by atoms with E-state index < -0.39 is 0 Å². The molecule has 29 heavy (non-hydrogen) atoms. The van der Waals surface area contributed by atoms with E-state index in [1.165, 1.54) is 23.5 Å². The topological polar surface area (TPSA) is 52.3 Å². The third kappa shape index (κ3) is 3.48. The first kappa shape index (κ1) is 17.5. The van der Waals surface area contributed by atoms with E-state index in [9.17, 15) is 4.39 Å². The van der Waals surface area contributed by atoms with Gasteiger partial charge in [-0.25, -0.2) is 14.4 Å². The van der Waals surface area contributed by atoms with Crippen LogP contribution in [0, 0.1) is 5.82 Å². The number of thiazole rings is 1. The predicted octanol–water partition coefficient (Wildman–Crippen LogP) is 5.24. The first-order valence-electron chi connectivity index (χ1n) is 8.99. The molecule has 0 bridgehead atoms. The van der Waals surface area contributed by atoms with Crippen molar-refractivity contribution in [2.24, 2.45) is 0 Å². The highest BCUT2D eigenvalue weighted by Gasteiger charge is 2.18. The number of rotatable bonds is 5. The van der Waals surface area contributed by atoms with E-state index in [-0.39, 0.29) is 5.82 Å². The van der Waals surface area contributed by atoms with Crippen LogP contribution in [0.5, 0.6) is 6.01 Å². The summed E-state index contributed by atoms with van der Waals surface area (Å²) >= 11 is 1.53. The molecule has 5 aromatic rings. The molecule has 0 atom stereocenters. The van der Waals surface area contributed by atoms with Crippen LogP contribution in [0.1, 0.15) is 5.56 Å². The minimum Gasteiger partial charge on any atom is -0.459 e. The van der Waals surface area contributed by atoms with Gasteiger partial charge in [0.1, 0.15) is 18.1 Å². The van der Waals surface area contributed by atoms with Crippen molar-refractivity contribution in [2.45, 2.75) is 6.61 Å². The fraction of sp³-hybridized carbons (Fsp3) is 0.0455. The maximum absolute atomic E-state index is 13.4. The van der Waals surface area contributed by atoms with Crippen LogP contribution < -0.4 is 4.74 Å². The van der Waals surface area contributed by atoms with E-state index in [2.05, 4.69) is 9.97 Å². The number of hydrogen-bond donors (Lipinski definition) is 0. The van der Waals surface area contributed by atoms with Gasteiger partial charge < -0.3 is 4.74 Å². The third-order valence-electron chi connectivity index (χ3n) is 4.47. The second kappa shape index (κ2) is 7.44. The van der Waals surface area contributed by atoms with E-state index in [0.717, 1.165) is 27.5 Å². The molecular weight excluding hydrogens is 387 g/mol. The molecule has 3 aromatic heterocycles. The van der Waals surface area contributed by atoms with Gasteiger partial charge >= 0.3 is 6.01 Å². The predicted molar refractivity (Wildman–Crippen MR) is 110 cm³/mol. The number of ether oxygens (including phenoxy) is 1. The summed E-state index contributed by atoms with van der Waals surface area (Å²) in [6, 6.07) is 18.3. The van der Waals surface area contributed by atoms with E-state index in [4.69, 9.17) is 9.72 Å². The van der Waals surface area contributed by atoms with Gasteiger partial charge in [-0.1, -0.05) is 30.3 Å². The summed E-state index contributed by atoms with van der Waals surface area (Å²) in [6.07, 6.45) is 3.62. The van der Waals surface area contributed by atoms with E-state index in [1.807, 2.05) is 52.4 Å². The van der Waals surface area contributed by atoms with Crippen molar-refractivity contribution >= 4 is 16.3 Å². The first-order chi connectivity index (χ1) is 14.3. The molecule has 0 aliphatic rings. The smallest absolute Gasteiger partial charge is 0.317 e. The molecule has 0 saturated carbocycles. The molecular formula is C22H15FN4OS. The minimum absolute atomic E-state index is 0.282. The summed E-state index contributed by atoms with van der Waals surface area (Å²) in [6.45, 7) is 0.384. The summed E-state index contributed by atoms with van der Waals surface area (Å²) in [5.74, 6) is -0.282. The van der Waals surface area contributed by atoms with Crippen molar-refractivity contribution < 1.29 is 9.13 Å². The van der Waals surface area contributed by atoms with E-state index >= 15 is 0 Å². The van der Waals surface area contributed by atoms with Gasteiger partial charge in [0, 0.05) is 23.3 Å². The van der Waals surface area contributed by atoms with Crippen LogP contribution in [0.3, 0.4) is 0 Å². The molecule has 3 heterocycles. The lowest BCUT2D eigenvalue weighted by Crippen LogP contribution is -2.00. The van der Waals surface area contributed by atoms with Crippen LogP contribution in [0.15, 0.2) is 78.4 Å². The van der Waals surface area contributed by atoms with Gasteiger partial charge in [0.05, 0.1) is 11.4 Å². The van der Waals surface area contributed by atoms with Crippen molar-refractivity contribution in [2.75, 3.05) is 0 Å². The summed E-state index contributed by atoms with van der Waals surface area (Å²) in [5, 5.41) is 1.97. The summed E-state index contributed by atoms with van der Waals surface area (Å²) in [4.78, 5) is 14.4. The molecule has 5 rings (SSSR count). The fourth-order valence-corrected chi connectivity index (χ4v) is 3.82. The highest BCUT2D eigenvalue weighted by molar-refractivity contribution is 7.15. The monoisotopic (exact) mass is 402 g/mol. The molecule has 0 saturated heterocycles. The number of hydrogen-bond acceptors (Lipinski definition) is 5. The Bertz CT molecular complexity index is 1270. The fourth-order valence-electron chi connectivity index (χ4n) is 3.10. The number of benzene rings is 2. The first-order valence-corrected chi connectivity index (χ1v) is 9.87. The number of aromatic nitrogens is 4. The third-order valence-corrected chi connectivity index (χ3v) is 5.22. The van der Waals surface area contributed by atoms with Crippen LogP contribution in [0.25, 0.3) is 27.6 Å². The second-order valence-electron chi connectivity index (χ2n) is 6.37. The maximum Gasteiger partial charge on any atom is 0.317 e. The van der Waals surface area contributed by atoms with E-state index in [0.29, 0.717) is 18.3 Å². The Hall–Kier alpha value is -3.58. The Morgan fingerprint density at radius 1 is 0.966 bits per heavy atom. The Labute approximate surface area is 170 Å². The van der Waals surface area contributed by atoms with Crippen LogP contribution in [0.4, 0.5) is 4.39 Å². The lowest BCUT2D eigenvalue weighted by molar-refractivity contribution is 0.281. The average Bonchev–Trinajstić information content (AvgIpc) is 3.35. The van der Waals surface area contributed by atoms with Crippen molar-refractivity contribution in [3.63, 3.8) is 0 Å². The van der Waals surface area contributed by atoms with Crippen LogP contribution in [0.2, 0.25) is 0 Å². The van der Waals surface area contributed by atoms with Gasteiger partial charge in [0.2, 0.25) is 0 Å². The zero-order valence-corrected chi connectivity index (χ0v) is 16.0. The Morgan fingerprint density at radius 3 is 2.62 bits per heavy atom. The minimum atomic E-state index is -0.282. The van der Waals surface area contributed by atoms with Gasteiger partial charge in [0.25, 0.3) is 0 Å². The Kier molecular flexibility index (Phi) is 4.50. The zero-order valence-electron chi connectivity index (χ0n) is 15.2. The molecule has 7 heteroatoms. The molecule has 2 aromatic carbocycles. The molecule has 5 nitrogen and oxygen atoms in total. The largest absolute Gasteiger partial charge is 0.459 e. The lowest BCUT2D eigenvalue weighted by Gasteiger charge is -2.07. The Morgan fingerprint density at radius 2 is 1.79 bits per heavy atom. The molecule has 0 amide bonds. The van der Waals surface area contributed by atoms with Gasteiger partial charge in [-0.2, -0.15) is 4.98 Å². The molecule has 0 fully saturated rings. The van der Waals surface area contributed by atoms with Crippen molar-refractivity contribution in [1.29, 1.82) is 0 Å². The lowest BCUT2D eigenvalue weighted by atomic mass is 10.1. The molecule has 142 valence electrons. The van der Waals surface area contributed by atoms with Crippen molar-refractivity contribution in [1.82, 2.24) is 19.4 Å². The average molecular weight is 402 g/mol. The Balaban J connectivity index is 1.54. The highest BCUT2D eigenvalue weighted by Crippen LogP contribution is 2.33. The second-order valence-corrected chi connectivity index (χ2v) is 7.24. The van der Waals surface area contributed by atoms with E-state index in [1.54, 1.807) is 18.3 Å². The standard InChI is InChI=1S/C22H15FN4OS/c23-17-8-6-16(7-9-17)19-20(27-12-13-29-22(27)26-19)18-10-11-24-21(25-18)28-14-15-4-2-1-3-5-15/h1-13H,14H2. The summed E-state index contributed by atoms with van der Waals surface area (Å²) in [5.41, 5.74) is 4.11. The van der Waals surface area contributed by atoms with Crippen LogP contribution in [-0.2, 0) is 6.61 Å². The molecule has 0 aliphatic carbocycles. The molecule has 0 spiro atoms. The summed E-state index contributed by atoms with van der Waals surface area (Å²) in [7, 11) is 0. The van der Waals surface area contributed by atoms with Gasteiger partial charge in [-0.3, -0.25) is 4.40 Å². The number of nitrogens with zero attached hydrogens (tertiary/aromatic N) is 4. The highest BCUT2D eigenvalue weighted by atomic mass is 32.1. The number of imidazole rings is 1. The maximum atomic E-state index is 13.4. The normalized spacial score (nSPS) is 11.1.